The predicted molar refractivity (Wildman–Crippen MR) is 41.8 cm³/mol. The normalized spacial score (nSPS) is 10.6. The highest BCUT2D eigenvalue weighted by atomic mass is 15.1. The lowest BCUT2D eigenvalue weighted by Gasteiger charge is -1.94. The van der Waals surface area contributed by atoms with Gasteiger partial charge in [0.15, 0.2) is 5.65 Å². The van der Waals surface area contributed by atoms with Crippen LogP contribution in [0.2, 0.25) is 0 Å². The molecule has 0 aliphatic heterocycles. The van der Waals surface area contributed by atoms with Crippen LogP contribution < -0.4 is 5.73 Å². The molecule has 0 aromatic carbocycles. The number of nitrogens with one attached hydrogen (secondary N) is 1. The van der Waals surface area contributed by atoms with E-state index in [9.17, 15) is 0 Å². The van der Waals surface area contributed by atoms with Crippen molar-refractivity contribution >= 4 is 11.0 Å². The molecule has 2 heterocycles. The van der Waals surface area contributed by atoms with Gasteiger partial charge in [0.25, 0.3) is 0 Å². The summed E-state index contributed by atoms with van der Waals surface area (Å²) in [4.78, 5) is 4.08. The fourth-order valence-corrected chi connectivity index (χ4v) is 1.08. The molecule has 4 heteroatoms. The van der Waals surface area contributed by atoms with E-state index in [0.29, 0.717) is 6.54 Å². The summed E-state index contributed by atoms with van der Waals surface area (Å²) in [5.74, 6) is 0. The maximum absolute atomic E-state index is 5.51. The highest BCUT2D eigenvalue weighted by Gasteiger charge is 1.99. The fourth-order valence-electron chi connectivity index (χ4n) is 1.08. The number of hydrogen-bond donors (Lipinski definition) is 2. The van der Waals surface area contributed by atoms with Gasteiger partial charge in [-0.25, -0.2) is 4.98 Å². The molecule has 0 spiro atoms. The van der Waals surface area contributed by atoms with Gasteiger partial charge in [-0.3, -0.25) is 5.10 Å². The zero-order valence-corrected chi connectivity index (χ0v) is 5.91. The molecule has 0 saturated heterocycles. The van der Waals surface area contributed by atoms with Gasteiger partial charge in [-0.2, -0.15) is 5.10 Å². The highest BCUT2D eigenvalue weighted by Crippen LogP contribution is 2.11. The summed E-state index contributed by atoms with van der Waals surface area (Å²) < 4.78 is 0. The molecule has 0 aliphatic rings. The third kappa shape index (κ3) is 0.877. The smallest absolute Gasteiger partial charge is 0.155 e. The number of rotatable bonds is 1. The molecule has 0 amide bonds. The summed E-state index contributed by atoms with van der Waals surface area (Å²) in [5, 5.41) is 7.65. The second kappa shape index (κ2) is 2.32. The second-order valence-electron chi connectivity index (χ2n) is 2.31. The number of aromatic amines is 1. The van der Waals surface area contributed by atoms with Crippen molar-refractivity contribution in [3.63, 3.8) is 0 Å². The first-order valence-electron chi connectivity index (χ1n) is 3.39. The van der Waals surface area contributed by atoms with Crippen LogP contribution in [0.5, 0.6) is 0 Å². The van der Waals surface area contributed by atoms with Gasteiger partial charge in [-0.05, 0) is 11.6 Å². The largest absolute Gasteiger partial charge is 0.326 e. The number of nitrogens with two attached hydrogens (primary N) is 1. The molecular formula is C7H8N4. The van der Waals surface area contributed by atoms with Crippen LogP contribution in [0.25, 0.3) is 11.0 Å². The molecule has 56 valence electrons. The Balaban J connectivity index is 2.79. The molecule has 3 N–H and O–H groups in total. The fraction of sp³-hybridized carbons (Fsp3) is 0.143. The zero-order valence-electron chi connectivity index (χ0n) is 5.91. The molecule has 0 fully saturated rings. The Morgan fingerprint density at radius 3 is 3.27 bits per heavy atom. The van der Waals surface area contributed by atoms with E-state index in [1.54, 1.807) is 12.4 Å². The molecule has 0 radical (unpaired) electrons. The summed E-state index contributed by atoms with van der Waals surface area (Å²) in [6.07, 6.45) is 3.47. The van der Waals surface area contributed by atoms with E-state index in [1.807, 2.05) is 6.07 Å². The van der Waals surface area contributed by atoms with Crippen LogP contribution in [0.4, 0.5) is 0 Å². The van der Waals surface area contributed by atoms with Gasteiger partial charge in [-0.15, -0.1) is 0 Å². The maximum Gasteiger partial charge on any atom is 0.155 e. The number of H-pyrrole nitrogens is 1. The lowest BCUT2D eigenvalue weighted by molar-refractivity contribution is 1.08. The summed E-state index contributed by atoms with van der Waals surface area (Å²) in [5.41, 5.74) is 7.38. The Morgan fingerprint density at radius 2 is 2.45 bits per heavy atom. The lowest BCUT2D eigenvalue weighted by Crippen LogP contribution is -1.96. The Hall–Kier alpha value is -1.42. The quantitative estimate of drug-likeness (QED) is 0.615. The summed E-state index contributed by atoms with van der Waals surface area (Å²) >= 11 is 0. The van der Waals surface area contributed by atoms with Crippen LogP contribution in [-0.2, 0) is 6.54 Å². The molecular weight excluding hydrogens is 140 g/mol. The third-order valence-corrected chi connectivity index (χ3v) is 1.66. The van der Waals surface area contributed by atoms with Crippen LogP contribution in [0.15, 0.2) is 18.5 Å². The second-order valence-corrected chi connectivity index (χ2v) is 2.31. The van der Waals surface area contributed by atoms with Gasteiger partial charge in [-0.1, -0.05) is 0 Å². The van der Waals surface area contributed by atoms with Gasteiger partial charge in [0.1, 0.15) is 0 Å². The molecule has 0 atom stereocenters. The van der Waals surface area contributed by atoms with Crippen LogP contribution in [0, 0.1) is 0 Å². The number of nitrogens with zero attached hydrogens (tertiary/aromatic N) is 2. The maximum atomic E-state index is 5.51. The van der Waals surface area contributed by atoms with Crippen LogP contribution in [0.1, 0.15) is 5.56 Å². The van der Waals surface area contributed by atoms with E-state index < -0.39 is 0 Å². The predicted octanol–water partition coefficient (Wildman–Crippen LogP) is 0.417. The molecule has 2 aromatic rings. The number of pyridine rings is 1. The molecule has 0 unspecified atom stereocenters. The Labute approximate surface area is 63.4 Å². The molecule has 0 aliphatic carbocycles. The molecule has 2 aromatic heterocycles. The molecule has 4 nitrogen and oxygen atoms in total. The molecule has 0 saturated carbocycles. The van der Waals surface area contributed by atoms with Gasteiger partial charge < -0.3 is 5.73 Å². The van der Waals surface area contributed by atoms with E-state index in [0.717, 1.165) is 16.6 Å². The average molecular weight is 148 g/mol. The average Bonchev–Trinajstić information content (AvgIpc) is 2.50. The van der Waals surface area contributed by atoms with E-state index in [4.69, 9.17) is 5.73 Å². The Bertz CT molecular complexity index is 365. The van der Waals surface area contributed by atoms with Crippen molar-refractivity contribution in [2.75, 3.05) is 0 Å². The van der Waals surface area contributed by atoms with E-state index in [-0.39, 0.29) is 0 Å². The lowest BCUT2D eigenvalue weighted by atomic mass is 10.2. The highest BCUT2D eigenvalue weighted by molar-refractivity contribution is 5.77. The standard InChI is InChI=1S/C7H8N4/c8-3-5-1-2-9-7-6(5)4-10-11-7/h1-2,4H,3,8H2,(H,9,10,11). The van der Waals surface area contributed by atoms with Crippen molar-refractivity contribution in [1.82, 2.24) is 15.2 Å². The van der Waals surface area contributed by atoms with Gasteiger partial charge in [0.2, 0.25) is 0 Å². The van der Waals surface area contributed by atoms with Gasteiger partial charge in [0.05, 0.1) is 6.20 Å². The zero-order chi connectivity index (χ0) is 7.68. The van der Waals surface area contributed by atoms with Gasteiger partial charge >= 0.3 is 0 Å². The van der Waals surface area contributed by atoms with Crippen molar-refractivity contribution in [2.45, 2.75) is 6.54 Å². The monoisotopic (exact) mass is 148 g/mol. The molecule has 11 heavy (non-hydrogen) atoms. The summed E-state index contributed by atoms with van der Waals surface area (Å²) in [6, 6.07) is 1.90. The van der Waals surface area contributed by atoms with Crippen LogP contribution in [0.3, 0.4) is 0 Å². The number of fused-ring (bicyclic) bond motifs is 1. The van der Waals surface area contributed by atoms with Crippen molar-refractivity contribution in [2.24, 2.45) is 5.73 Å². The minimum absolute atomic E-state index is 0.526. The topological polar surface area (TPSA) is 67.6 Å². The Morgan fingerprint density at radius 1 is 1.55 bits per heavy atom. The van der Waals surface area contributed by atoms with Crippen molar-refractivity contribution in [1.29, 1.82) is 0 Å². The third-order valence-electron chi connectivity index (χ3n) is 1.66. The van der Waals surface area contributed by atoms with Crippen molar-refractivity contribution < 1.29 is 0 Å². The SMILES string of the molecule is NCc1ccnc2[nH]ncc12. The van der Waals surface area contributed by atoms with Crippen LogP contribution >= 0.6 is 0 Å². The van der Waals surface area contributed by atoms with E-state index >= 15 is 0 Å². The first kappa shape index (κ1) is 6.30. The first-order chi connectivity index (χ1) is 5.42. The van der Waals surface area contributed by atoms with Crippen molar-refractivity contribution in [3.05, 3.63) is 24.0 Å². The van der Waals surface area contributed by atoms with Crippen LogP contribution in [-0.4, -0.2) is 15.2 Å². The molecule has 0 bridgehead atoms. The van der Waals surface area contributed by atoms with Gasteiger partial charge in [0, 0.05) is 18.1 Å². The minimum atomic E-state index is 0.526. The Kier molecular flexibility index (Phi) is 1.33. The van der Waals surface area contributed by atoms with E-state index in [2.05, 4.69) is 15.2 Å². The summed E-state index contributed by atoms with van der Waals surface area (Å²) in [6.45, 7) is 0.526. The van der Waals surface area contributed by atoms with Crippen molar-refractivity contribution in [3.8, 4) is 0 Å². The number of hydrogen-bond acceptors (Lipinski definition) is 3. The van der Waals surface area contributed by atoms with E-state index in [1.165, 1.54) is 0 Å². The summed E-state index contributed by atoms with van der Waals surface area (Å²) in [7, 11) is 0. The number of aromatic nitrogens is 3. The molecule has 2 rings (SSSR count). The first-order valence-corrected chi connectivity index (χ1v) is 3.39. The minimum Gasteiger partial charge on any atom is -0.326 e.